The van der Waals surface area contributed by atoms with Crippen molar-refractivity contribution in [1.82, 2.24) is 0 Å². The van der Waals surface area contributed by atoms with Gasteiger partial charge in [0.2, 0.25) is 0 Å². The Morgan fingerprint density at radius 1 is 0.786 bits per heavy atom. The average Bonchev–Trinajstić information content (AvgIpc) is 2.21. The molecule has 0 rings (SSSR count). The van der Waals surface area contributed by atoms with Crippen molar-refractivity contribution in [3.8, 4) is 0 Å². The predicted octanol–water partition coefficient (Wildman–Crippen LogP) is 0.829. The van der Waals surface area contributed by atoms with Crippen LogP contribution in [0.5, 0.6) is 0 Å². The number of aliphatic hydroxyl groups is 1. The van der Waals surface area contributed by atoms with Crippen LogP contribution in [0.15, 0.2) is 0 Å². The maximum atomic E-state index is 8.46. The molecule has 4 nitrogen and oxygen atoms in total. The highest BCUT2D eigenvalue weighted by molar-refractivity contribution is 4.36. The highest BCUT2D eigenvalue weighted by Gasteiger charge is 1.90. The molecule has 0 spiro atoms. The van der Waals surface area contributed by atoms with E-state index in [1.54, 1.807) is 0 Å². The van der Waals surface area contributed by atoms with Crippen molar-refractivity contribution >= 4 is 0 Å². The third-order valence-corrected chi connectivity index (χ3v) is 1.60. The fraction of sp³-hybridized carbons (Fsp3) is 1.00. The van der Waals surface area contributed by atoms with Crippen molar-refractivity contribution in [3.05, 3.63) is 0 Å². The lowest BCUT2D eigenvalue weighted by atomic mass is 10.5. The number of hydrogen-bond acceptors (Lipinski definition) is 4. The van der Waals surface area contributed by atoms with Gasteiger partial charge >= 0.3 is 0 Å². The molecule has 0 saturated heterocycles. The fourth-order valence-corrected chi connectivity index (χ4v) is 0.896. The van der Waals surface area contributed by atoms with E-state index in [1.807, 2.05) is 6.92 Å². The molecule has 14 heavy (non-hydrogen) atoms. The van der Waals surface area contributed by atoms with Gasteiger partial charge in [0.25, 0.3) is 0 Å². The maximum absolute atomic E-state index is 8.46. The number of aliphatic hydroxyl groups excluding tert-OH is 1. The second-order valence-corrected chi connectivity index (χ2v) is 2.85. The number of ether oxygens (including phenoxy) is 3. The Balaban J connectivity index is 2.78. The summed E-state index contributed by atoms with van der Waals surface area (Å²) in [6, 6.07) is 0. The van der Waals surface area contributed by atoms with E-state index in [0.717, 1.165) is 26.2 Å². The molecule has 0 amide bonds. The highest BCUT2D eigenvalue weighted by atomic mass is 16.5. The van der Waals surface area contributed by atoms with Gasteiger partial charge in [0.05, 0.1) is 13.2 Å². The zero-order valence-corrected chi connectivity index (χ0v) is 9.04. The van der Waals surface area contributed by atoms with Gasteiger partial charge in [-0.3, -0.25) is 0 Å². The lowest BCUT2D eigenvalue weighted by molar-refractivity contribution is 0.0329. The third kappa shape index (κ3) is 11.8. The summed E-state index contributed by atoms with van der Waals surface area (Å²) in [6.45, 7) is 6.27. The Kier molecular flexibility index (Phi) is 12.7. The van der Waals surface area contributed by atoms with Crippen molar-refractivity contribution in [3.63, 3.8) is 0 Å². The lowest BCUT2D eigenvalue weighted by Gasteiger charge is -2.05. The standard InChI is InChI=1S/C10H22O4/c1-2-12-7-4-8-14-10-9-13-6-3-5-11/h11H,2-10H2,1H3. The molecule has 86 valence electrons. The second-order valence-electron chi connectivity index (χ2n) is 2.85. The summed E-state index contributed by atoms with van der Waals surface area (Å²) in [6.07, 6.45) is 1.63. The monoisotopic (exact) mass is 206 g/mol. The Bertz CT molecular complexity index is 86.1. The molecule has 0 aromatic rings. The summed E-state index contributed by atoms with van der Waals surface area (Å²) in [5.74, 6) is 0. The van der Waals surface area contributed by atoms with Crippen molar-refractivity contribution < 1.29 is 19.3 Å². The molecular formula is C10H22O4. The minimum absolute atomic E-state index is 0.190. The topological polar surface area (TPSA) is 47.9 Å². The average molecular weight is 206 g/mol. The zero-order chi connectivity index (χ0) is 10.5. The van der Waals surface area contributed by atoms with Gasteiger partial charge in [-0.15, -0.1) is 0 Å². The summed E-state index contributed by atoms with van der Waals surface area (Å²) in [5.41, 5.74) is 0. The normalized spacial score (nSPS) is 10.7. The molecule has 0 saturated carbocycles. The van der Waals surface area contributed by atoms with Crippen molar-refractivity contribution in [2.75, 3.05) is 46.2 Å². The van der Waals surface area contributed by atoms with Crippen LogP contribution in [0.25, 0.3) is 0 Å². The van der Waals surface area contributed by atoms with Crippen LogP contribution in [0.3, 0.4) is 0 Å². The van der Waals surface area contributed by atoms with E-state index < -0.39 is 0 Å². The Morgan fingerprint density at radius 2 is 1.36 bits per heavy atom. The largest absolute Gasteiger partial charge is 0.396 e. The van der Waals surface area contributed by atoms with E-state index in [2.05, 4.69) is 0 Å². The molecule has 0 aliphatic carbocycles. The quantitative estimate of drug-likeness (QED) is 0.509. The van der Waals surface area contributed by atoms with Crippen LogP contribution in [-0.4, -0.2) is 51.4 Å². The first-order valence-corrected chi connectivity index (χ1v) is 5.26. The second kappa shape index (κ2) is 12.8. The van der Waals surface area contributed by atoms with Gasteiger partial charge < -0.3 is 19.3 Å². The smallest absolute Gasteiger partial charge is 0.0700 e. The van der Waals surface area contributed by atoms with E-state index in [4.69, 9.17) is 19.3 Å². The maximum Gasteiger partial charge on any atom is 0.0700 e. The summed E-state index contributed by atoms with van der Waals surface area (Å²) in [4.78, 5) is 0. The van der Waals surface area contributed by atoms with E-state index in [-0.39, 0.29) is 6.61 Å². The Hall–Kier alpha value is -0.160. The molecule has 0 aromatic carbocycles. The molecule has 0 unspecified atom stereocenters. The van der Waals surface area contributed by atoms with Crippen LogP contribution in [0.4, 0.5) is 0 Å². The molecule has 4 heteroatoms. The third-order valence-electron chi connectivity index (χ3n) is 1.60. The number of rotatable bonds is 11. The van der Waals surface area contributed by atoms with Crippen molar-refractivity contribution in [2.45, 2.75) is 19.8 Å². The fourth-order valence-electron chi connectivity index (χ4n) is 0.896. The van der Waals surface area contributed by atoms with Crippen LogP contribution in [-0.2, 0) is 14.2 Å². The van der Waals surface area contributed by atoms with Crippen LogP contribution in [0.1, 0.15) is 19.8 Å². The van der Waals surface area contributed by atoms with E-state index in [0.29, 0.717) is 26.2 Å². The molecule has 0 aliphatic heterocycles. The first-order valence-electron chi connectivity index (χ1n) is 5.26. The first kappa shape index (κ1) is 13.8. The van der Waals surface area contributed by atoms with Crippen LogP contribution < -0.4 is 0 Å². The number of hydrogen-bond donors (Lipinski definition) is 1. The van der Waals surface area contributed by atoms with E-state index in [9.17, 15) is 0 Å². The summed E-state index contributed by atoms with van der Waals surface area (Å²) >= 11 is 0. The lowest BCUT2D eigenvalue weighted by Crippen LogP contribution is -2.08. The minimum atomic E-state index is 0.190. The van der Waals surface area contributed by atoms with Crippen LogP contribution in [0.2, 0.25) is 0 Å². The van der Waals surface area contributed by atoms with Crippen LogP contribution >= 0.6 is 0 Å². The Morgan fingerprint density at radius 3 is 1.93 bits per heavy atom. The van der Waals surface area contributed by atoms with Gasteiger partial charge in [0.15, 0.2) is 0 Å². The van der Waals surface area contributed by atoms with Crippen molar-refractivity contribution in [1.29, 1.82) is 0 Å². The summed E-state index contributed by atoms with van der Waals surface area (Å²) in [5, 5.41) is 8.46. The zero-order valence-electron chi connectivity index (χ0n) is 9.04. The molecule has 0 radical (unpaired) electrons. The van der Waals surface area contributed by atoms with Gasteiger partial charge in [-0.25, -0.2) is 0 Å². The molecule has 1 N–H and O–H groups in total. The molecular weight excluding hydrogens is 184 g/mol. The molecule has 0 aliphatic rings. The summed E-state index contributed by atoms with van der Waals surface area (Å²) in [7, 11) is 0. The molecule has 0 fully saturated rings. The Labute approximate surface area is 86.2 Å². The molecule has 0 atom stereocenters. The van der Waals surface area contributed by atoms with Gasteiger partial charge in [0.1, 0.15) is 0 Å². The van der Waals surface area contributed by atoms with Gasteiger partial charge in [-0.05, 0) is 19.8 Å². The minimum Gasteiger partial charge on any atom is -0.396 e. The highest BCUT2D eigenvalue weighted by Crippen LogP contribution is 1.86. The SMILES string of the molecule is CCOCCCOCCOCCCO. The van der Waals surface area contributed by atoms with E-state index >= 15 is 0 Å². The van der Waals surface area contributed by atoms with Gasteiger partial charge in [0, 0.05) is 33.0 Å². The van der Waals surface area contributed by atoms with Crippen LogP contribution in [0, 0.1) is 0 Å². The predicted molar refractivity (Wildman–Crippen MR) is 54.5 cm³/mol. The molecule has 0 heterocycles. The van der Waals surface area contributed by atoms with E-state index in [1.165, 1.54) is 0 Å². The molecule has 0 bridgehead atoms. The molecule has 0 aromatic heterocycles. The first-order chi connectivity index (χ1) is 6.91. The van der Waals surface area contributed by atoms with Gasteiger partial charge in [-0.2, -0.15) is 0 Å². The summed E-state index contributed by atoms with van der Waals surface area (Å²) < 4.78 is 15.6. The van der Waals surface area contributed by atoms with Crippen molar-refractivity contribution in [2.24, 2.45) is 0 Å². The van der Waals surface area contributed by atoms with Gasteiger partial charge in [-0.1, -0.05) is 0 Å².